The second-order valence-electron chi connectivity index (χ2n) is 4.18. The molecule has 0 aliphatic heterocycles. The summed E-state index contributed by atoms with van der Waals surface area (Å²) in [4.78, 5) is 0. The van der Waals surface area contributed by atoms with E-state index >= 15 is 0 Å². The number of rotatable bonds is 6. The molecular formula is C13H14F2N4O3S. The van der Waals surface area contributed by atoms with E-state index in [4.69, 9.17) is 9.47 Å². The van der Waals surface area contributed by atoms with Crippen LogP contribution < -0.4 is 9.47 Å². The molecule has 0 bridgehead atoms. The number of hydrogen-bond donors (Lipinski definition) is 1. The highest BCUT2D eigenvalue weighted by Crippen LogP contribution is 2.36. The quantitative estimate of drug-likeness (QED) is 0.641. The first-order valence-corrected chi connectivity index (χ1v) is 7.51. The standard InChI is InChI=1S/C13H14F2N4O3S/c1-21-8-4-7(5-9(22-2)10(8)20)6-16-19-12(11(14)15)17-18-13(19)23-3/h4-6,11,20H,1-3H3/b16-6-. The summed E-state index contributed by atoms with van der Waals surface area (Å²) in [7, 11) is 2.77. The number of thioether (sulfide) groups is 1. The van der Waals surface area contributed by atoms with Crippen LogP contribution in [0.4, 0.5) is 8.78 Å². The Bertz CT molecular complexity index is 696. The summed E-state index contributed by atoms with van der Waals surface area (Å²) in [5, 5.41) is 21.1. The number of alkyl halides is 2. The van der Waals surface area contributed by atoms with Gasteiger partial charge in [-0.1, -0.05) is 11.8 Å². The van der Waals surface area contributed by atoms with Crippen molar-refractivity contribution in [1.82, 2.24) is 14.9 Å². The van der Waals surface area contributed by atoms with Gasteiger partial charge >= 0.3 is 0 Å². The third kappa shape index (κ3) is 3.52. The van der Waals surface area contributed by atoms with Gasteiger partial charge in [-0.25, -0.2) is 8.78 Å². The highest BCUT2D eigenvalue weighted by molar-refractivity contribution is 7.98. The minimum Gasteiger partial charge on any atom is -0.502 e. The molecule has 124 valence electrons. The summed E-state index contributed by atoms with van der Waals surface area (Å²) >= 11 is 1.14. The normalized spacial score (nSPS) is 11.4. The summed E-state index contributed by atoms with van der Waals surface area (Å²) in [6.45, 7) is 0. The Kier molecular flexibility index (Phi) is 5.37. The van der Waals surface area contributed by atoms with Gasteiger partial charge in [0.1, 0.15) is 0 Å². The monoisotopic (exact) mass is 344 g/mol. The number of halogens is 2. The van der Waals surface area contributed by atoms with Gasteiger partial charge in [0.15, 0.2) is 11.5 Å². The van der Waals surface area contributed by atoms with Crippen LogP contribution in [0, 0.1) is 0 Å². The third-order valence-corrected chi connectivity index (χ3v) is 3.46. The summed E-state index contributed by atoms with van der Waals surface area (Å²) in [6.07, 6.45) is 0.196. The fourth-order valence-corrected chi connectivity index (χ4v) is 2.20. The summed E-state index contributed by atoms with van der Waals surface area (Å²) in [5.74, 6) is -0.361. The Morgan fingerprint density at radius 1 is 1.26 bits per heavy atom. The number of nitrogens with zero attached hydrogens (tertiary/aromatic N) is 4. The minimum atomic E-state index is -2.80. The van der Waals surface area contributed by atoms with Crippen LogP contribution in [-0.2, 0) is 0 Å². The van der Waals surface area contributed by atoms with E-state index < -0.39 is 12.2 Å². The van der Waals surface area contributed by atoms with Crippen LogP contribution in [0.1, 0.15) is 17.8 Å². The third-order valence-electron chi connectivity index (χ3n) is 2.84. The SMILES string of the molecule is COc1cc(/C=N\n2c(SC)nnc2C(F)F)cc(OC)c1O. The second-order valence-corrected chi connectivity index (χ2v) is 4.95. The molecule has 0 spiro atoms. The molecule has 0 unspecified atom stereocenters. The van der Waals surface area contributed by atoms with Crippen molar-refractivity contribution in [2.45, 2.75) is 11.6 Å². The van der Waals surface area contributed by atoms with Gasteiger partial charge in [0.05, 0.1) is 20.4 Å². The van der Waals surface area contributed by atoms with Crippen molar-refractivity contribution in [3.05, 3.63) is 23.5 Å². The lowest BCUT2D eigenvalue weighted by atomic mass is 10.2. The number of benzene rings is 1. The van der Waals surface area contributed by atoms with Crippen molar-refractivity contribution in [2.75, 3.05) is 20.5 Å². The molecule has 0 amide bonds. The molecule has 1 heterocycles. The Morgan fingerprint density at radius 2 is 1.87 bits per heavy atom. The number of hydrogen-bond acceptors (Lipinski definition) is 7. The Labute approximate surface area is 134 Å². The van der Waals surface area contributed by atoms with E-state index in [2.05, 4.69) is 15.3 Å². The van der Waals surface area contributed by atoms with Crippen molar-refractivity contribution in [3.8, 4) is 17.2 Å². The van der Waals surface area contributed by atoms with Crippen LogP contribution in [0.15, 0.2) is 22.4 Å². The molecule has 0 atom stereocenters. The summed E-state index contributed by atoms with van der Waals surface area (Å²) in [6, 6.07) is 2.99. The zero-order valence-electron chi connectivity index (χ0n) is 12.5. The number of methoxy groups -OCH3 is 2. The molecule has 0 aliphatic carbocycles. The first-order chi connectivity index (χ1) is 11.0. The lowest BCUT2D eigenvalue weighted by molar-refractivity contribution is 0.135. The van der Waals surface area contributed by atoms with Crippen LogP contribution >= 0.6 is 11.8 Å². The van der Waals surface area contributed by atoms with Gasteiger partial charge in [0.25, 0.3) is 6.43 Å². The molecule has 0 fully saturated rings. The van der Waals surface area contributed by atoms with Crippen LogP contribution in [-0.4, -0.2) is 46.7 Å². The van der Waals surface area contributed by atoms with Gasteiger partial charge in [-0.15, -0.1) is 10.2 Å². The number of aromatic nitrogens is 3. The molecule has 1 aromatic heterocycles. The molecule has 0 saturated heterocycles. The van der Waals surface area contributed by atoms with Gasteiger partial charge < -0.3 is 14.6 Å². The number of phenolic OH excluding ortho intramolecular Hbond substituents is 1. The predicted octanol–water partition coefficient (Wildman–Crippen LogP) is 2.54. The topological polar surface area (TPSA) is 81.8 Å². The van der Waals surface area contributed by atoms with Gasteiger partial charge in [0, 0.05) is 5.56 Å². The highest BCUT2D eigenvalue weighted by atomic mass is 32.2. The smallest absolute Gasteiger partial charge is 0.299 e. The molecule has 10 heteroatoms. The van der Waals surface area contributed by atoms with E-state index in [1.807, 2.05) is 0 Å². The average molecular weight is 344 g/mol. The molecule has 0 aliphatic rings. The number of ether oxygens (including phenoxy) is 2. The van der Waals surface area contributed by atoms with Crippen molar-refractivity contribution in [3.63, 3.8) is 0 Å². The Balaban J connectivity index is 2.43. The summed E-state index contributed by atoms with van der Waals surface area (Å²) in [5.41, 5.74) is 0.484. The Morgan fingerprint density at radius 3 is 2.35 bits per heavy atom. The maximum Gasteiger partial charge on any atom is 0.299 e. The van der Waals surface area contributed by atoms with E-state index in [-0.39, 0.29) is 22.4 Å². The maximum absolute atomic E-state index is 12.9. The zero-order valence-corrected chi connectivity index (χ0v) is 13.3. The first-order valence-electron chi connectivity index (χ1n) is 6.28. The maximum atomic E-state index is 12.9. The molecule has 23 heavy (non-hydrogen) atoms. The zero-order chi connectivity index (χ0) is 17.0. The van der Waals surface area contributed by atoms with Crippen molar-refractivity contribution >= 4 is 18.0 Å². The van der Waals surface area contributed by atoms with E-state index in [1.165, 1.54) is 32.6 Å². The highest BCUT2D eigenvalue weighted by Gasteiger charge is 2.19. The van der Waals surface area contributed by atoms with E-state index in [0.29, 0.717) is 5.56 Å². The average Bonchev–Trinajstić information content (AvgIpc) is 2.96. The van der Waals surface area contributed by atoms with Crippen LogP contribution in [0.2, 0.25) is 0 Å². The lowest BCUT2D eigenvalue weighted by Gasteiger charge is -2.09. The Hall–Kier alpha value is -2.36. The van der Waals surface area contributed by atoms with Gasteiger partial charge in [0.2, 0.25) is 16.7 Å². The van der Waals surface area contributed by atoms with E-state index in [0.717, 1.165) is 16.4 Å². The fourth-order valence-electron chi connectivity index (χ4n) is 1.76. The van der Waals surface area contributed by atoms with Gasteiger partial charge in [-0.2, -0.15) is 9.78 Å². The number of aromatic hydroxyl groups is 1. The second kappa shape index (κ2) is 7.27. The fraction of sp³-hybridized carbons (Fsp3) is 0.308. The van der Waals surface area contributed by atoms with E-state index in [1.54, 1.807) is 6.26 Å². The number of phenols is 1. The largest absolute Gasteiger partial charge is 0.502 e. The molecule has 2 rings (SSSR count). The minimum absolute atomic E-state index is 0.158. The molecule has 0 saturated carbocycles. The van der Waals surface area contributed by atoms with Crippen LogP contribution in [0.5, 0.6) is 17.2 Å². The van der Waals surface area contributed by atoms with Crippen molar-refractivity contribution in [2.24, 2.45) is 5.10 Å². The molecule has 2 aromatic rings. The van der Waals surface area contributed by atoms with Crippen molar-refractivity contribution < 1.29 is 23.4 Å². The first kappa shape index (κ1) is 17.0. The van der Waals surface area contributed by atoms with Gasteiger partial charge in [-0.3, -0.25) is 0 Å². The molecule has 1 aromatic carbocycles. The van der Waals surface area contributed by atoms with Crippen LogP contribution in [0.25, 0.3) is 0 Å². The molecule has 0 radical (unpaired) electrons. The summed E-state index contributed by atoms with van der Waals surface area (Å²) < 4.78 is 36.8. The lowest BCUT2D eigenvalue weighted by Crippen LogP contribution is -2.01. The molecule has 7 nitrogen and oxygen atoms in total. The van der Waals surface area contributed by atoms with Crippen molar-refractivity contribution in [1.29, 1.82) is 0 Å². The van der Waals surface area contributed by atoms with E-state index in [9.17, 15) is 13.9 Å². The molecular weight excluding hydrogens is 330 g/mol. The molecule has 1 N–H and O–H groups in total. The van der Waals surface area contributed by atoms with Crippen LogP contribution in [0.3, 0.4) is 0 Å². The predicted molar refractivity (Wildman–Crippen MR) is 81.0 cm³/mol. The van der Waals surface area contributed by atoms with Gasteiger partial charge in [-0.05, 0) is 18.4 Å².